The lowest BCUT2D eigenvalue weighted by Crippen LogP contribution is -2.44. The van der Waals surface area contributed by atoms with E-state index in [9.17, 15) is 14.4 Å². The van der Waals surface area contributed by atoms with E-state index in [1.54, 1.807) is 28.0 Å². The van der Waals surface area contributed by atoms with Gasteiger partial charge in [-0.1, -0.05) is 24.3 Å². The minimum absolute atomic E-state index is 0.0410. The third kappa shape index (κ3) is 4.56. The Kier molecular flexibility index (Phi) is 6.60. The normalized spacial score (nSPS) is 20.6. The van der Waals surface area contributed by atoms with E-state index in [1.807, 2.05) is 30.3 Å². The number of para-hydroxylation sites is 1. The van der Waals surface area contributed by atoms with Gasteiger partial charge in [0.1, 0.15) is 6.04 Å². The number of ether oxygens (including phenoxy) is 1. The Morgan fingerprint density at radius 1 is 1.00 bits per heavy atom. The largest absolute Gasteiger partial charge is 0.379 e. The highest BCUT2D eigenvalue weighted by atomic mass is 16.5. The van der Waals surface area contributed by atoms with Crippen molar-refractivity contribution in [1.82, 2.24) is 15.1 Å². The Morgan fingerprint density at radius 2 is 1.76 bits per heavy atom. The van der Waals surface area contributed by atoms with Crippen LogP contribution in [0.4, 0.5) is 5.69 Å². The van der Waals surface area contributed by atoms with Gasteiger partial charge in [-0.25, -0.2) is 0 Å². The van der Waals surface area contributed by atoms with E-state index in [0.29, 0.717) is 42.9 Å². The molecule has 1 N–H and O–H groups in total. The molecule has 0 spiro atoms. The lowest BCUT2D eigenvalue weighted by Gasteiger charge is -2.26. The number of rotatable bonds is 6. The van der Waals surface area contributed by atoms with Gasteiger partial charge in [0.15, 0.2) is 0 Å². The molecule has 0 aliphatic carbocycles. The number of hydrogen-bond acceptors (Lipinski definition) is 5. The molecular formula is C26H30N4O4. The molecule has 178 valence electrons. The molecule has 1 atom stereocenters. The Labute approximate surface area is 199 Å². The Bertz CT molecular complexity index is 1060. The molecule has 34 heavy (non-hydrogen) atoms. The van der Waals surface area contributed by atoms with Gasteiger partial charge in [0.05, 0.1) is 31.0 Å². The zero-order valence-electron chi connectivity index (χ0n) is 19.2. The van der Waals surface area contributed by atoms with Crippen molar-refractivity contribution in [2.75, 3.05) is 50.8 Å². The molecular weight excluding hydrogens is 432 g/mol. The topological polar surface area (TPSA) is 82.2 Å². The number of amides is 3. The molecule has 8 heteroatoms. The third-order valence-electron chi connectivity index (χ3n) is 6.86. The van der Waals surface area contributed by atoms with Crippen LogP contribution in [0, 0.1) is 0 Å². The molecule has 8 nitrogen and oxygen atoms in total. The van der Waals surface area contributed by atoms with E-state index in [0.717, 1.165) is 44.8 Å². The summed E-state index contributed by atoms with van der Waals surface area (Å²) in [7, 11) is 0. The number of nitrogens with zero attached hydrogens (tertiary/aromatic N) is 3. The number of nitrogens with one attached hydrogen (secondary N) is 1. The van der Waals surface area contributed by atoms with Gasteiger partial charge in [-0.15, -0.1) is 0 Å². The monoisotopic (exact) mass is 462 g/mol. The molecule has 0 saturated carbocycles. The van der Waals surface area contributed by atoms with Gasteiger partial charge in [-0.2, -0.15) is 0 Å². The summed E-state index contributed by atoms with van der Waals surface area (Å²) in [4.78, 5) is 44.7. The van der Waals surface area contributed by atoms with E-state index in [4.69, 9.17) is 4.74 Å². The quantitative estimate of drug-likeness (QED) is 0.709. The zero-order chi connectivity index (χ0) is 23.5. The SMILES string of the molecule is O=C(NCCN1CCOCC1)c1ccc(CN2C(=O)[C@@H]3CCCN3C(=O)c3ccccc32)cc1. The number of fused-ring (bicyclic) bond motifs is 2. The molecule has 0 aromatic heterocycles. The minimum Gasteiger partial charge on any atom is -0.379 e. The average molecular weight is 463 g/mol. The van der Waals surface area contributed by atoms with E-state index >= 15 is 0 Å². The Morgan fingerprint density at radius 3 is 2.56 bits per heavy atom. The molecule has 3 heterocycles. The fourth-order valence-corrected chi connectivity index (χ4v) is 4.97. The number of carbonyl (C=O) groups is 3. The summed E-state index contributed by atoms with van der Waals surface area (Å²) in [6.07, 6.45) is 1.53. The second-order valence-electron chi connectivity index (χ2n) is 9.00. The van der Waals surface area contributed by atoms with Crippen LogP contribution in [-0.2, 0) is 16.1 Å². The average Bonchev–Trinajstić information content (AvgIpc) is 3.35. The molecule has 0 unspecified atom stereocenters. The summed E-state index contributed by atoms with van der Waals surface area (Å²) in [5.74, 6) is -0.220. The molecule has 3 aliphatic heterocycles. The lowest BCUT2D eigenvalue weighted by atomic mass is 10.1. The smallest absolute Gasteiger partial charge is 0.256 e. The van der Waals surface area contributed by atoms with Gasteiger partial charge < -0.3 is 19.9 Å². The summed E-state index contributed by atoms with van der Waals surface area (Å²) >= 11 is 0. The van der Waals surface area contributed by atoms with Crippen molar-refractivity contribution in [2.45, 2.75) is 25.4 Å². The number of anilines is 1. The van der Waals surface area contributed by atoms with Crippen LogP contribution in [0.3, 0.4) is 0 Å². The summed E-state index contributed by atoms with van der Waals surface area (Å²) in [6.45, 7) is 5.64. The van der Waals surface area contributed by atoms with Crippen molar-refractivity contribution in [3.63, 3.8) is 0 Å². The predicted octanol–water partition coefficient (Wildman–Crippen LogP) is 1.90. The van der Waals surface area contributed by atoms with Crippen LogP contribution in [0.15, 0.2) is 48.5 Å². The van der Waals surface area contributed by atoms with Crippen molar-refractivity contribution in [2.24, 2.45) is 0 Å². The predicted molar refractivity (Wildman–Crippen MR) is 128 cm³/mol. The van der Waals surface area contributed by atoms with Gasteiger partial charge >= 0.3 is 0 Å². The van der Waals surface area contributed by atoms with Crippen LogP contribution in [0.1, 0.15) is 39.1 Å². The maximum atomic E-state index is 13.4. The molecule has 2 aromatic rings. The van der Waals surface area contributed by atoms with Gasteiger partial charge in [0.25, 0.3) is 11.8 Å². The Balaban J connectivity index is 1.26. The van der Waals surface area contributed by atoms with E-state index in [1.165, 1.54) is 0 Å². The van der Waals surface area contributed by atoms with Crippen LogP contribution < -0.4 is 10.2 Å². The van der Waals surface area contributed by atoms with E-state index in [-0.39, 0.29) is 17.7 Å². The number of morpholine rings is 1. The standard InChI is InChI=1S/C26H30N4O4/c31-24(27-11-13-28-14-16-34-17-15-28)20-9-7-19(8-10-20)18-30-22-5-2-1-4-21(22)25(32)29-12-3-6-23(29)26(30)33/h1-2,4-5,7-10,23H,3,6,11-18H2,(H,27,31)/t23-/m0/s1. The van der Waals surface area contributed by atoms with Gasteiger partial charge in [0.2, 0.25) is 5.91 Å². The van der Waals surface area contributed by atoms with Crippen LogP contribution in [-0.4, -0.2) is 79.5 Å². The first-order valence-corrected chi connectivity index (χ1v) is 12.0. The number of benzene rings is 2. The zero-order valence-corrected chi connectivity index (χ0v) is 19.2. The molecule has 0 radical (unpaired) electrons. The van der Waals surface area contributed by atoms with Crippen LogP contribution >= 0.6 is 0 Å². The first kappa shape index (κ1) is 22.6. The second kappa shape index (κ2) is 9.95. The fraction of sp³-hybridized carbons (Fsp3) is 0.423. The Hall–Kier alpha value is -3.23. The maximum Gasteiger partial charge on any atom is 0.256 e. The minimum atomic E-state index is -0.406. The van der Waals surface area contributed by atoms with E-state index in [2.05, 4.69) is 10.2 Å². The summed E-state index contributed by atoms with van der Waals surface area (Å²) in [5.41, 5.74) is 2.71. The highest BCUT2D eigenvalue weighted by Gasteiger charge is 2.41. The van der Waals surface area contributed by atoms with Crippen molar-refractivity contribution in [3.05, 3.63) is 65.2 Å². The summed E-state index contributed by atoms with van der Waals surface area (Å²) in [5, 5.41) is 2.98. The molecule has 3 aliphatic rings. The third-order valence-corrected chi connectivity index (χ3v) is 6.86. The molecule has 0 bridgehead atoms. The highest BCUT2D eigenvalue weighted by molar-refractivity contribution is 6.11. The summed E-state index contributed by atoms with van der Waals surface area (Å²) < 4.78 is 5.35. The van der Waals surface area contributed by atoms with Crippen molar-refractivity contribution >= 4 is 23.4 Å². The van der Waals surface area contributed by atoms with Gasteiger partial charge in [-0.3, -0.25) is 19.3 Å². The van der Waals surface area contributed by atoms with Gasteiger partial charge in [0, 0.05) is 38.3 Å². The molecule has 2 saturated heterocycles. The lowest BCUT2D eigenvalue weighted by molar-refractivity contribution is -0.122. The second-order valence-corrected chi connectivity index (χ2v) is 9.00. The maximum absolute atomic E-state index is 13.4. The molecule has 3 amide bonds. The molecule has 2 aromatic carbocycles. The van der Waals surface area contributed by atoms with Crippen LogP contribution in [0.2, 0.25) is 0 Å². The van der Waals surface area contributed by atoms with Crippen molar-refractivity contribution in [3.8, 4) is 0 Å². The van der Waals surface area contributed by atoms with Gasteiger partial charge in [-0.05, 0) is 42.7 Å². The van der Waals surface area contributed by atoms with E-state index < -0.39 is 6.04 Å². The van der Waals surface area contributed by atoms with Crippen LogP contribution in [0.5, 0.6) is 0 Å². The highest BCUT2D eigenvalue weighted by Crippen LogP contribution is 2.33. The molecule has 5 rings (SSSR count). The first-order valence-electron chi connectivity index (χ1n) is 12.0. The fourth-order valence-electron chi connectivity index (χ4n) is 4.97. The van der Waals surface area contributed by atoms with Crippen molar-refractivity contribution in [1.29, 1.82) is 0 Å². The number of carbonyl (C=O) groups excluding carboxylic acids is 3. The summed E-state index contributed by atoms with van der Waals surface area (Å²) in [6, 6.07) is 14.3. The van der Waals surface area contributed by atoms with Crippen LogP contribution in [0.25, 0.3) is 0 Å². The molecule has 2 fully saturated rings. The number of hydrogen-bond donors (Lipinski definition) is 1. The first-order chi connectivity index (χ1) is 16.6. The van der Waals surface area contributed by atoms with Crippen molar-refractivity contribution < 1.29 is 19.1 Å².